The third-order valence-corrected chi connectivity index (χ3v) is 3.13. The van der Waals surface area contributed by atoms with Gasteiger partial charge in [0.1, 0.15) is 0 Å². The van der Waals surface area contributed by atoms with Crippen LogP contribution in [0.4, 0.5) is 0 Å². The molecule has 1 aliphatic carbocycles. The molecule has 4 nitrogen and oxygen atoms in total. The number of carboxylic acid groups (broad SMARTS) is 1. The lowest BCUT2D eigenvalue weighted by molar-refractivity contribution is -0.131. The van der Waals surface area contributed by atoms with Crippen LogP contribution in [-0.2, 0) is 4.79 Å². The Labute approximate surface area is 112 Å². The summed E-state index contributed by atoms with van der Waals surface area (Å²) in [5, 5.41) is 8.59. The number of hydrogen-bond acceptors (Lipinski definition) is 2. The third-order valence-electron chi connectivity index (χ3n) is 3.13. The first-order valence-corrected chi connectivity index (χ1v) is 6.33. The first kappa shape index (κ1) is 13.3. The molecule has 1 amide bonds. The van der Waals surface area contributed by atoms with Crippen LogP contribution in [0, 0.1) is 5.92 Å². The van der Waals surface area contributed by atoms with Gasteiger partial charge in [0.05, 0.1) is 0 Å². The highest BCUT2D eigenvalue weighted by molar-refractivity contribution is 5.95. The van der Waals surface area contributed by atoms with E-state index < -0.39 is 5.97 Å². The zero-order chi connectivity index (χ0) is 13.8. The van der Waals surface area contributed by atoms with Gasteiger partial charge >= 0.3 is 5.97 Å². The van der Waals surface area contributed by atoms with Crippen LogP contribution in [0.2, 0.25) is 0 Å². The molecule has 1 fully saturated rings. The summed E-state index contributed by atoms with van der Waals surface area (Å²) in [6.07, 6.45) is 4.97. The van der Waals surface area contributed by atoms with Crippen molar-refractivity contribution in [2.45, 2.75) is 12.8 Å². The predicted octanol–water partition coefficient (Wildman–Crippen LogP) is 2.27. The molecule has 1 aromatic carbocycles. The summed E-state index contributed by atoms with van der Waals surface area (Å²) in [6.45, 7) is 0.800. The lowest BCUT2D eigenvalue weighted by Gasteiger charge is -2.16. The van der Waals surface area contributed by atoms with Crippen molar-refractivity contribution in [2.75, 3.05) is 13.6 Å². The molecule has 2 rings (SSSR count). The zero-order valence-electron chi connectivity index (χ0n) is 10.9. The predicted molar refractivity (Wildman–Crippen MR) is 72.8 cm³/mol. The molecule has 0 aliphatic heterocycles. The Kier molecular flexibility index (Phi) is 4.00. The second kappa shape index (κ2) is 5.69. The van der Waals surface area contributed by atoms with E-state index in [1.807, 2.05) is 0 Å². The number of aliphatic carboxylic acids is 1. The van der Waals surface area contributed by atoms with Crippen molar-refractivity contribution in [3.63, 3.8) is 0 Å². The van der Waals surface area contributed by atoms with E-state index in [1.165, 1.54) is 18.9 Å². The fourth-order valence-corrected chi connectivity index (χ4v) is 1.93. The standard InChI is InChI=1S/C15H17NO3/c1-16(10-12-5-6-12)15(19)13-4-2-3-11(9-13)7-8-14(17)18/h2-4,7-9,12H,5-6,10H2,1H3,(H,17,18)/b8-7+. The number of hydrogen-bond donors (Lipinski definition) is 1. The van der Waals surface area contributed by atoms with Crippen LogP contribution in [0.3, 0.4) is 0 Å². The van der Waals surface area contributed by atoms with Crippen LogP contribution in [0.15, 0.2) is 30.3 Å². The normalized spacial score (nSPS) is 14.6. The molecule has 0 spiro atoms. The molecular formula is C15H17NO3. The summed E-state index contributed by atoms with van der Waals surface area (Å²) in [7, 11) is 1.81. The highest BCUT2D eigenvalue weighted by atomic mass is 16.4. The number of benzene rings is 1. The van der Waals surface area contributed by atoms with Crippen LogP contribution >= 0.6 is 0 Å². The van der Waals surface area contributed by atoms with Gasteiger partial charge in [0.15, 0.2) is 0 Å². The Morgan fingerprint density at radius 1 is 1.42 bits per heavy atom. The number of amides is 1. The number of carbonyl (C=O) groups is 2. The zero-order valence-corrected chi connectivity index (χ0v) is 10.9. The van der Waals surface area contributed by atoms with Crippen molar-refractivity contribution in [2.24, 2.45) is 5.92 Å². The Balaban J connectivity index is 2.08. The molecule has 0 heterocycles. The second-order valence-corrected chi connectivity index (χ2v) is 4.93. The average molecular weight is 259 g/mol. The summed E-state index contributed by atoms with van der Waals surface area (Å²) in [4.78, 5) is 24.4. The molecule has 1 aromatic rings. The molecule has 0 saturated heterocycles. The van der Waals surface area contributed by atoms with E-state index in [2.05, 4.69) is 0 Å². The van der Waals surface area contributed by atoms with Gasteiger partial charge in [-0.25, -0.2) is 4.79 Å². The Hall–Kier alpha value is -2.10. The van der Waals surface area contributed by atoms with Crippen LogP contribution < -0.4 is 0 Å². The molecule has 0 bridgehead atoms. The maximum Gasteiger partial charge on any atom is 0.328 e. The van der Waals surface area contributed by atoms with Crippen molar-refractivity contribution in [1.82, 2.24) is 4.90 Å². The minimum absolute atomic E-state index is 0.0162. The monoisotopic (exact) mass is 259 g/mol. The van der Waals surface area contributed by atoms with Gasteiger partial charge in [0, 0.05) is 25.2 Å². The topological polar surface area (TPSA) is 57.6 Å². The average Bonchev–Trinajstić information content (AvgIpc) is 3.19. The molecule has 0 atom stereocenters. The molecule has 1 saturated carbocycles. The van der Waals surface area contributed by atoms with Gasteiger partial charge < -0.3 is 10.0 Å². The minimum Gasteiger partial charge on any atom is -0.478 e. The second-order valence-electron chi connectivity index (χ2n) is 4.93. The van der Waals surface area contributed by atoms with Crippen LogP contribution in [0.1, 0.15) is 28.8 Å². The summed E-state index contributed by atoms with van der Waals surface area (Å²) < 4.78 is 0. The number of carbonyl (C=O) groups excluding carboxylic acids is 1. The van der Waals surface area contributed by atoms with Crippen LogP contribution in [0.25, 0.3) is 6.08 Å². The molecule has 0 radical (unpaired) electrons. The summed E-state index contributed by atoms with van der Waals surface area (Å²) in [5.74, 6) is -0.357. The first-order valence-electron chi connectivity index (χ1n) is 6.33. The third kappa shape index (κ3) is 3.95. The molecule has 100 valence electrons. The smallest absolute Gasteiger partial charge is 0.328 e. The summed E-state index contributed by atoms with van der Waals surface area (Å²) in [5.41, 5.74) is 1.31. The summed E-state index contributed by atoms with van der Waals surface area (Å²) >= 11 is 0. The Bertz CT molecular complexity index is 518. The van der Waals surface area contributed by atoms with Crippen LogP contribution in [-0.4, -0.2) is 35.5 Å². The van der Waals surface area contributed by atoms with Gasteiger partial charge in [-0.2, -0.15) is 0 Å². The fraction of sp³-hybridized carbons (Fsp3) is 0.333. The van der Waals surface area contributed by atoms with E-state index in [4.69, 9.17) is 5.11 Å². The van der Waals surface area contributed by atoms with Crippen molar-refractivity contribution in [1.29, 1.82) is 0 Å². The van der Waals surface area contributed by atoms with E-state index in [0.717, 1.165) is 12.6 Å². The minimum atomic E-state index is -0.998. The Morgan fingerprint density at radius 2 is 2.16 bits per heavy atom. The van der Waals surface area contributed by atoms with E-state index in [9.17, 15) is 9.59 Å². The molecule has 4 heteroatoms. The molecule has 0 aromatic heterocycles. The number of nitrogens with zero attached hydrogens (tertiary/aromatic N) is 1. The van der Waals surface area contributed by atoms with Gasteiger partial charge in [-0.3, -0.25) is 4.79 Å². The van der Waals surface area contributed by atoms with Crippen molar-refractivity contribution in [3.8, 4) is 0 Å². The van der Waals surface area contributed by atoms with E-state index in [0.29, 0.717) is 17.0 Å². The van der Waals surface area contributed by atoms with Crippen molar-refractivity contribution < 1.29 is 14.7 Å². The fourth-order valence-electron chi connectivity index (χ4n) is 1.93. The quantitative estimate of drug-likeness (QED) is 0.825. The van der Waals surface area contributed by atoms with Crippen molar-refractivity contribution in [3.05, 3.63) is 41.5 Å². The maximum atomic E-state index is 12.2. The lowest BCUT2D eigenvalue weighted by atomic mass is 10.1. The molecular weight excluding hydrogens is 242 g/mol. The largest absolute Gasteiger partial charge is 0.478 e. The van der Waals surface area contributed by atoms with Gasteiger partial charge in [-0.1, -0.05) is 12.1 Å². The first-order chi connectivity index (χ1) is 9.06. The molecule has 1 N–H and O–H groups in total. The molecule has 19 heavy (non-hydrogen) atoms. The van der Waals surface area contributed by atoms with E-state index in [-0.39, 0.29) is 5.91 Å². The van der Waals surface area contributed by atoms with E-state index in [1.54, 1.807) is 36.2 Å². The highest BCUT2D eigenvalue weighted by Gasteiger charge is 2.25. The molecule has 0 unspecified atom stereocenters. The number of rotatable bonds is 5. The summed E-state index contributed by atoms with van der Waals surface area (Å²) in [6, 6.07) is 7.01. The van der Waals surface area contributed by atoms with E-state index >= 15 is 0 Å². The van der Waals surface area contributed by atoms with Gasteiger partial charge in [0.2, 0.25) is 0 Å². The van der Waals surface area contributed by atoms with Gasteiger partial charge in [-0.05, 0) is 42.5 Å². The van der Waals surface area contributed by atoms with Gasteiger partial charge in [0.25, 0.3) is 5.91 Å². The van der Waals surface area contributed by atoms with Crippen molar-refractivity contribution >= 4 is 18.0 Å². The lowest BCUT2D eigenvalue weighted by Crippen LogP contribution is -2.28. The Morgan fingerprint density at radius 3 is 2.79 bits per heavy atom. The number of carboxylic acids is 1. The molecule has 1 aliphatic rings. The van der Waals surface area contributed by atoms with Crippen LogP contribution in [0.5, 0.6) is 0 Å². The highest BCUT2D eigenvalue weighted by Crippen LogP contribution is 2.29. The maximum absolute atomic E-state index is 12.2. The van der Waals surface area contributed by atoms with Gasteiger partial charge in [-0.15, -0.1) is 0 Å². The SMILES string of the molecule is CN(CC1CC1)C(=O)c1cccc(/C=C/C(=O)O)c1.